The van der Waals surface area contributed by atoms with Crippen LogP contribution in [0.15, 0.2) is 0 Å². The Morgan fingerprint density at radius 3 is 2.77 bits per heavy atom. The van der Waals surface area contributed by atoms with Crippen LogP contribution in [0.2, 0.25) is 0 Å². The lowest BCUT2D eigenvalue weighted by Crippen LogP contribution is -2.47. The fourth-order valence-corrected chi connectivity index (χ4v) is 1.63. The van der Waals surface area contributed by atoms with Gasteiger partial charge in [-0.2, -0.15) is 0 Å². The zero-order valence-corrected chi connectivity index (χ0v) is 7.86. The smallest absolute Gasteiger partial charge is 0.409 e. The molecule has 5 nitrogen and oxygen atoms in total. The van der Waals surface area contributed by atoms with Gasteiger partial charge in [0.15, 0.2) is 0 Å². The molecular formula is C8H15NO4. The molecule has 0 aromatic heterocycles. The second-order valence-electron chi connectivity index (χ2n) is 3.58. The normalized spacial score (nSPS) is 26.4. The molecule has 1 heterocycles. The van der Waals surface area contributed by atoms with E-state index in [1.807, 2.05) is 0 Å². The van der Waals surface area contributed by atoms with Crippen molar-refractivity contribution in [3.63, 3.8) is 0 Å². The Hall–Kier alpha value is -0.810. The molecule has 0 aliphatic carbocycles. The number of aliphatic hydroxyl groups is 1. The Kier molecular flexibility index (Phi) is 2.77. The van der Waals surface area contributed by atoms with E-state index in [1.54, 1.807) is 13.8 Å². The van der Waals surface area contributed by atoms with Gasteiger partial charge in [0.1, 0.15) is 5.72 Å². The molecule has 0 bridgehead atoms. The molecule has 1 rings (SSSR count). The molecule has 5 heteroatoms. The van der Waals surface area contributed by atoms with E-state index in [0.717, 1.165) is 0 Å². The number of amides is 1. The Bertz CT molecular complexity index is 204. The average molecular weight is 189 g/mol. The van der Waals surface area contributed by atoms with Crippen LogP contribution in [0.3, 0.4) is 0 Å². The molecule has 1 saturated heterocycles. The SMILES string of the molecule is CC1(C)OCC(CCO)N1C(=O)O. The maximum atomic E-state index is 10.9. The van der Waals surface area contributed by atoms with Gasteiger partial charge in [-0.1, -0.05) is 0 Å². The number of carbonyl (C=O) groups is 1. The molecule has 1 aliphatic heterocycles. The molecule has 0 radical (unpaired) electrons. The summed E-state index contributed by atoms with van der Waals surface area (Å²) in [6.07, 6.45) is -0.573. The summed E-state index contributed by atoms with van der Waals surface area (Å²) in [6, 6.07) is -0.225. The van der Waals surface area contributed by atoms with E-state index in [0.29, 0.717) is 13.0 Å². The first-order chi connectivity index (χ1) is 5.99. The fourth-order valence-electron chi connectivity index (χ4n) is 1.63. The molecule has 1 fully saturated rings. The van der Waals surface area contributed by atoms with Gasteiger partial charge >= 0.3 is 6.09 Å². The lowest BCUT2D eigenvalue weighted by Gasteiger charge is -2.30. The minimum Gasteiger partial charge on any atom is -0.465 e. The summed E-state index contributed by atoms with van der Waals surface area (Å²) in [7, 11) is 0. The van der Waals surface area contributed by atoms with Crippen molar-refractivity contribution in [2.24, 2.45) is 0 Å². The summed E-state index contributed by atoms with van der Waals surface area (Å²) in [6.45, 7) is 3.75. The molecular weight excluding hydrogens is 174 g/mol. The van der Waals surface area contributed by atoms with Gasteiger partial charge in [-0.25, -0.2) is 4.79 Å². The third-order valence-corrected chi connectivity index (χ3v) is 2.24. The number of rotatable bonds is 2. The number of hydrogen-bond acceptors (Lipinski definition) is 3. The molecule has 13 heavy (non-hydrogen) atoms. The summed E-state index contributed by atoms with van der Waals surface area (Å²) >= 11 is 0. The molecule has 76 valence electrons. The van der Waals surface area contributed by atoms with Crippen LogP contribution in [0.5, 0.6) is 0 Å². The Balaban J connectivity index is 2.73. The molecule has 0 saturated carbocycles. The van der Waals surface area contributed by atoms with Crippen LogP contribution >= 0.6 is 0 Å². The maximum Gasteiger partial charge on any atom is 0.409 e. The Labute approximate surface area is 76.9 Å². The van der Waals surface area contributed by atoms with Crippen molar-refractivity contribution in [3.8, 4) is 0 Å². The van der Waals surface area contributed by atoms with Crippen LogP contribution in [0.4, 0.5) is 4.79 Å². The summed E-state index contributed by atoms with van der Waals surface area (Å²) in [4.78, 5) is 12.1. The van der Waals surface area contributed by atoms with Crippen LogP contribution in [0.25, 0.3) is 0 Å². The van der Waals surface area contributed by atoms with Crippen LogP contribution in [-0.4, -0.2) is 46.2 Å². The predicted octanol–water partition coefficient (Wildman–Crippen LogP) is 0.484. The molecule has 0 spiro atoms. The van der Waals surface area contributed by atoms with Crippen molar-refractivity contribution in [1.82, 2.24) is 4.90 Å². The van der Waals surface area contributed by atoms with Gasteiger partial charge < -0.3 is 14.9 Å². The van der Waals surface area contributed by atoms with Crippen LogP contribution in [-0.2, 0) is 4.74 Å². The number of nitrogens with zero attached hydrogens (tertiary/aromatic N) is 1. The molecule has 1 atom stereocenters. The highest BCUT2D eigenvalue weighted by molar-refractivity contribution is 5.66. The van der Waals surface area contributed by atoms with Gasteiger partial charge in [-0.05, 0) is 20.3 Å². The lowest BCUT2D eigenvalue weighted by atomic mass is 10.2. The van der Waals surface area contributed by atoms with E-state index in [-0.39, 0.29) is 12.6 Å². The van der Waals surface area contributed by atoms with E-state index in [1.165, 1.54) is 4.90 Å². The zero-order valence-electron chi connectivity index (χ0n) is 7.86. The fraction of sp³-hybridized carbons (Fsp3) is 0.875. The Morgan fingerprint density at radius 1 is 1.69 bits per heavy atom. The highest BCUT2D eigenvalue weighted by Crippen LogP contribution is 2.28. The summed E-state index contributed by atoms with van der Waals surface area (Å²) in [5.74, 6) is 0. The van der Waals surface area contributed by atoms with Crippen LogP contribution in [0.1, 0.15) is 20.3 Å². The predicted molar refractivity (Wildman–Crippen MR) is 45.4 cm³/mol. The first-order valence-corrected chi connectivity index (χ1v) is 4.26. The summed E-state index contributed by atoms with van der Waals surface area (Å²) in [5, 5.41) is 17.6. The second kappa shape index (κ2) is 3.51. The monoisotopic (exact) mass is 189 g/mol. The third kappa shape index (κ3) is 1.92. The quantitative estimate of drug-likeness (QED) is 0.663. The maximum absolute atomic E-state index is 10.9. The molecule has 2 N–H and O–H groups in total. The van der Waals surface area contributed by atoms with Gasteiger partial charge in [-0.3, -0.25) is 4.90 Å². The molecule has 1 aliphatic rings. The highest BCUT2D eigenvalue weighted by atomic mass is 16.5. The van der Waals surface area contributed by atoms with E-state index < -0.39 is 11.8 Å². The third-order valence-electron chi connectivity index (χ3n) is 2.24. The number of ether oxygens (including phenoxy) is 1. The second-order valence-corrected chi connectivity index (χ2v) is 3.58. The van der Waals surface area contributed by atoms with E-state index in [9.17, 15) is 4.79 Å². The first-order valence-electron chi connectivity index (χ1n) is 4.26. The lowest BCUT2D eigenvalue weighted by molar-refractivity contribution is -0.0423. The highest BCUT2D eigenvalue weighted by Gasteiger charge is 2.43. The van der Waals surface area contributed by atoms with Crippen molar-refractivity contribution in [2.75, 3.05) is 13.2 Å². The van der Waals surface area contributed by atoms with E-state index >= 15 is 0 Å². The van der Waals surface area contributed by atoms with Crippen LogP contribution < -0.4 is 0 Å². The summed E-state index contributed by atoms with van der Waals surface area (Å²) in [5.41, 5.74) is -0.772. The minimum absolute atomic E-state index is 0.0200. The van der Waals surface area contributed by atoms with Crippen molar-refractivity contribution in [2.45, 2.75) is 32.0 Å². The number of aliphatic hydroxyl groups excluding tert-OH is 1. The van der Waals surface area contributed by atoms with Crippen molar-refractivity contribution in [1.29, 1.82) is 0 Å². The largest absolute Gasteiger partial charge is 0.465 e. The summed E-state index contributed by atoms with van der Waals surface area (Å²) < 4.78 is 5.31. The van der Waals surface area contributed by atoms with Crippen molar-refractivity contribution >= 4 is 6.09 Å². The molecule has 0 aromatic rings. The van der Waals surface area contributed by atoms with E-state index in [4.69, 9.17) is 14.9 Å². The van der Waals surface area contributed by atoms with Gasteiger partial charge in [0.05, 0.1) is 12.6 Å². The zero-order chi connectivity index (χ0) is 10.1. The van der Waals surface area contributed by atoms with Gasteiger partial charge in [0, 0.05) is 6.61 Å². The van der Waals surface area contributed by atoms with Gasteiger partial charge in [0.2, 0.25) is 0 Å². The van der Waals surface area contributed by atoms with Gasteiger partial charge in [-0.15, -0.1) is 0 Å². The average Bonchev–Trinajstić information content (AvgIpc) is 2.26. The topological polar surface area (TPSA) is 70.0 Å². The van der Waals surface area contributed by atoms with Gasteiger partial charge in [0.25, 0.3) is 0 Å². The van der Waals surface area contributed by atoms with Crippen molar-refractivity contribution < 1.29 is 19.7 Å². The number of hydrogen-bond donors (Lipinski definition) is 2. The van der Waals surface area contributed by atoms with E-state index in [2.05, 4.69) is 0 Å². The number of carboxylic acid groups (broad SMARTS) is 1. The Morgan fingerprint density at radius 2 is 2.31 bits per heavy atom. The van der Waals surface area contributed by atoms with Crippen molar-refractivity contribution in [3.05, 3.63) is 0 Å². The van der Waals surface area contributed by atoms with Crippen LogP contribution in [0, 0.1) is 0 Å². The first kappa shape index (κ1) is 10.3. The minimum atomic E-state index is -0.999. The standard InChI is InChI=1S/C8H15NO4/c1-8(2)9(7(11)12)6(3-4-10)5-13-8/h6,10H,3-5H2,1-2H3,(H,11,12). The molecule has 0 aromatic carbocycles. The molecule has 1 unspecified atom stereocenters. The molecule has 1 amide bonds.